The summed E-state index contributed by atoms with van der Waals surface area (Å²) in [5.41, 5.74) is 0.0949. The fourth-order valence-corrected chi connectivity index (χ4v) is 2.34. The number of ether oxygens (including phenoxy) is 2. The minimum absolute atomic E-state index is 0.457. The summed E-state index contributed by atoms with van der Waals surface area (Å²) < 4.78 is 11.0. The van der Waals surface area contributed by atoms with Crippen LogP contribution in [-0.4, -0.2) is 18.3 Å². The van der Waals surface area contributed by atoms with E-state index in [0.29, 0.717) is 18.8 Å². The van der Waals surface area contributed by atoms with E-state index in [1.807, 2.05) is 18.2 Å². The Labute approximate surface area is 87.6 Å². The van der Waals surface area contributed by atoms with Gasteiger partial charge in [0, 0.05) is 11.1 Å². The highest BCUT2D eigenvalue weighted by Gasteiger charge is 2.66. The second kappa shape index (κ2) is 2.61. The van der Waals surface area contributed by atoms with E-state index in [-0.39, 0.29) is 0 Å². The molecule has 1 aliphatic carbocycles. The number of aliphatic hydroxyl groups is 1. The second-order valence-electron chi connectivity index (χ2n) is 3.71. The Kier molecular flexibility index (Phi) is 1.56. The van der Waals surface area contributed by atoms with Gasteiger partial charge in [-0.3, -0.25) is 0 Å². The van der Waals surface area contributed by atoms with Gasteiger partial charge in [-0.05, 0) is 0 Å². The molecular formula is C12H10O3. The Morgan fingerprint density at radius 2 is 1.80 bits per heavy atom. The average molecular weight is 202 g/mol. The lowest BCUT2D eigenvalue weighted by atomic mass is 9.68. The lowest BCUT2D eigenvalue weighted by molar-refractivity contribution is -0.287. The summed E-state index contributed by atoms with van der Waals surface area (Å²) in [5, 5.41) is 10.3. The molecule has 1 unspecified atom stereocenters. The highest BCUT2D eigenvalue weighted by atomic mass is 16.8. The molecule has 1 N–H and O–H groups in total. The van der Waals surface area contributed by atoms with Crippen LogP contribution >= 0.6 is 0 Å². The van der Waals surface area contributed by atoms with Gasteiger partial charge in [-0.2, -0.15) is 0 Å². The molecule has 3 nitrogen and oxygen atoms in total. The quantitative estimate of drug-likeness (QED) is 0.630. The molecule has 1 aliphatic heterocycles. The number of benzene rings is 1. The molecule has 76 valence electrons. The van der Waals surface area contributed by atoms with Crippen molar-refractivity contribution < 1.29 is 14.6 Å². The normalized spacial score (nSPS) is 30.7. The zero-order valence-corrected chi connectivity index (χ0v) is 8.06. The van der Waals surface area contributed by atoms with Gasteiger partial charge in [0.25, 0.3) is 0 Å². The fraction of sp³-hybridized carbons (Fsp3) is 0.333. The molecule has 0 bridgehead atoms. The van der Waals surface area contributed by atoms with E-state index >= 15 is 0 Å². The van der Waals surface area contributed by atoms with Gasteiger partial charge in [-0.1, -0.05) is 30.2 Å². The fourth-order valence-electron chi connectivity index (χ4n) is 2.34. The third-order valence-corrected chi connectivity index (χ3v) is 3.05. The molecule has 3 heteroatoms. The van der Waals surface area contributed by atoms with Gasteiger partial charge in [0.2, 0.25) is 11.4 Å². The number of hydrogen-bond acceptors (Lipinski definition) is 3. The van der Waals surface area contributed by atoms with E-state index in [1.54, 1.807) is 6.07 Å². The summed E-state index contributed by atoms with van der Waals surface area (Å²) in [7, 11) is 0. The van der Waals surface area contributed by atoms with Gasteiger partial charge in [-0.15, -0.1) is 6.42 Å². The molecule has 1 atom stereocenters. The standard InChI is InChI=1S/C12H10O3/c1-2-11(13)9-5-3-4-6-10(9)12(11)14-7-8-15-12/h1,3-6,13H,7-8H2. The maximum atomic E-state index is 10.3. The summed E-state index contributed by atoms with van der Waals surface area (Å²) in [4.78, 5) is 0. The summed E-state index contributed by atoms with van der Waals surface area (Å²) in [6.45, 7) is 0.913. The van der Waals surface area contributed by atoms with Gasteiger partial charge in [0.05, 0.1) is 13.2 Å². The first-order chi connectivity index (χ1) is 7.24. The number of hydrogen-bond donors (Lipinski definition) is 1. The first kappa shape index (κ1) is 8.93. The van der Waals surface area contributed by atoms with Crippen LogP contribution in [0.5, 0.6) is 0 Å². The topological polar surface area (TPSA) is 38.7 Å². The van der Waals surface area contributed by atoms with Crippen molar-refractivity contribution in [3.63, 3.8) is 0 Å². The molecule has 0 amide bonds. The molecule has 1 aromatic rings. The van der Waals surface area contributed by atoms with Crippen LogP contribution in [-0.2, 0) is 20.9 Å². The van der Waals surface area contributed by atoms with Crippen LogP contribution < -0.4 is 0 Å². The molecule has 1 fully saturated rings. The molecule has 3 rings (SSSR count). The smallest absolute Gasteiger partial charge is 0.241 e. The van der Waals surface area contributed by atoms with Crippen LogP contribution in [0.25, 0.3) is 0 Å². The van der Waals surface area contributed by atoms with Crippen molar-refractivity contribution in [3.8, 4) is 12.3 Å². The van der Waals surface area contributed by atoms with Crippen LogP contribution in [0.15, 0.2) is 24.3 Å². The summed E-state index contributed by atoms with van der Waals surface area (Å²) in [5.74, 6) is 1.25. The second-order valence-corrected chi connectivity index (χ2v) is 3.71. The van der Waals surface area contributed by atoms with Gasteiger partial charge < -0.3 is 14.6 Å². The molecule has 15 heavy (non-hydrogen) atoms. The molecule has 1 saturated heterocycles. The summed E-state index contributed by atoms with van der Waals surface area (Å²) >= 11 is 0. The van der Waals surface area contributed by atoms with Crippen LogP contribution in [0.4, 0.5) is 0 Å². The highest BCUT2D eigenvalue weighted by Crippen LogP contribution is 2.57. The third-order valence-electron chi connectivity index (χ3n) is 3.05. The molecule has 0 radical (unpaired) electrons. The first-order valence-corrected chi connectivity index (χ1v) is 4.83. The Morgan fingerprint density at radius 3 is 2.40 bits per heavy atom. The van der Waals surface area contributed by atoms with E-state index in [0.717, 1.165) is 5.56 Å². The lowest BCUT2D eigenvalue weighted by Crippen LogP contribution is -2.58. The average Bonchev–Trinajstić information content (AvgIpc) is 2.80. The summed E-state index contributed by atoms with van der Waals surface area (Å²) in [6.07, 6.45) is 5.38. The Balaban J connectivity index is 2.23. The Morgan fingerprint density at radius 1 is 1.20 bits per heavy atom. The molecular weight excluding hydrogens is 192 g/mol. The van der Waals surface area contributed by atoms with E-state index in [1.165, 1.54) is 0 Å². The van der Waals surface area contributed by atoms with Gasteiger partial charge in [0.1, 0.15) is 0 Å². The predicted octanol–water partition coefficient (Wildman–Crippen LogP) is 0.721. The van der Waals surface area contributed by atoms with Crippen molar-refractivity contribution in [3.05, 3.63) is 35.4 Å². The minimum Gasteiger partial charge on any atom is -0.369 e. The van der Waals surface area contributed by atoms with Crippen LogP contribution in [0, 0.1) is 12.3 Å². The van der Waals surface area contributed by atoms with Crippen LogP contribution in [0.1, 0.15) is 11.1 Å². The molecule has 2 aliphatic rings. The molecule has 1 aromatic carbocycles. The van der Waals surface area contributed by atoms with E-state index in [4.69, 9.17) is 15.9 Å². The monoisotopic (exact) mass is 202 g/mol. The molecule has 0 saturated carbocycles. The Bertz CT molecular complexity index is 454. The number of fused-ring (bicyclic) bond motifs is 2. The van der Waals surface area contributed by atoms with Crippen molar-refractivity contribution in [1.82, 2.24) is 0 Å². The van der Waals surface area contributed by atoms with Crippen molar-refractivity contribution in [2.45, 2.75) is 11.4 Å². The largest absolute Gasteiger partial charge is 0.369 e. The van der Waals surface area contributed by atoms with Crippen LogP contribution in [0.2, 0.25) is 0 Å². The first-order valence-electron chi connectivity index (χ1n) is 4.83. The van der Waals surface area contributed by atoms with Crippen molar-refractivity contribution in [2.24, 2.45) is 0 Å². The van der Waals surface area contributed by atoms with Gasteiger partial charge in [0.15, 0.2) is 0 Å². The third kappa shape index (κ3) is 0.791. The predicted molar refractivity (Wildman–Crippen MR) is 52.8 cm³/mol. The lowest BCUT2D eigenvalue weighted by Gasteiger charge is -2.49. The maximum Gasteiger partial charge on any atom is 0.241 e. The van der Waals surface area contributed by atoms with Crippen LogP contribution in [0.3, 0.4) is 0 Å². The SMILES string of the molecule is C#CC1(O)c2ccccc2C12OCCO2. The number of terminal acetylenes is 1. The van der Waals surface area contributed by atoms with E-state index in [2.05, 4.69) is 5.92 Å². The Hall–Kier alpha value is -1.34. The minimum atomic E-state index is -1.44. The zero-order chi connectivity index (χ0) is 10.5. The zero-order valence-electron chi connectivity index (χ0n) is 8.06. The van der Waals surface area contributed by atoms with Crippen molar-refractivity contribution >= 4 is 0 Å². The van der Waals surface area contributed by atoms with E-state index < -0.39 is 11.4 Å². The highest BCUT2D eigenvalue weighted by molar-refractivity contribution is 5.54. The van der Waals surface area contributed by atoms with Gasteiger partial charge >= 0.3 is 0 Å². The molecule has 1 spiro atoms. The van der Waals surface area contributed by atoms with Crippen molar-refractivity contribution in [1.29, 1.82) is 0 Å². The van der Waals surface area contributed by atoms with E-state index in [9.17, 15) is 5.11 Å². The molecule has 0 aromatic heterocycles. The summed E-state index contributed by atoms with van der Waals surface area (Å²) in [6, 6.07) is 7.38. The van der Waals surface area contributed by atoms with Gasteiger partial charge in [-0.25, -0.2) is 0 Å². The molecule has 1 heterocycles. The maximum absolute atomic E-state index is 10.3. The van der Waals surface area contributed by atoms with Crippen molar-refractivity contribution in [2.75, 3.05) is 13.2 Å². The number of rotatable bonds is 0.